The molecular formula is C17H24N3O3+. The molecular weight excluding hydrogens is 294 g/mol. The van der Waals surface area contributed by atoms with Gasteiger partial charge in [0.2, 0.25) is 0 Å². The lowest BCUT2D eigenvalue weighted by Crippen LogP contribution is -2.48. The number of allylic oxidation sites excluding steroid dienone is 1. The molecule has 1 saturated heterocycles. The summed E-state index contributed by atoms with van der Waals surface area (Å²) in [6.07, 6.45) is 3.64. The lowest BCUT2D eigenvalue weighted by atomic mass is 10.1. The third kappa shape index (κ3) is 3.56. The summed E-state index contributed by atoms with van der Waals surface area (Å²) in [7, 11) is 4.16. The molecule has 0 aromatic heterocycles. The standard InChI is InChI=1S/C17H24N3O3/c1-20(2)16(11-15(12-19-20)21-7-6-18)13-4-3-5-14(10-13)17-22-8-9-23-17/h3-5,10-12,17,19H,6-9,18H2,1-2H3/q+1. The van der Waals surface area contributed by atoms with Crippen LogP contribution >= 0.6 is 0 Å². The van der Waals surface area contributed by atoms with Crippen molar-refractivity contribution < 1.29 is 18.8 Å². The Balaban J connectivity index is 1.89. The first kappa shape index (κ1) is 16.0. The van der Waals surface area contributed by atoms with E-state index in [2.05, 4.69) is 31.7 Å². The molecule has 23 heavy (non-hydrogen) atoms. The van der Waals surface area contributed by atoms with Crippen LogP contribution in [0.1, 0.15) is 17.4 Å². The van der Waals surface area contributed by atoms with E-state index in [1.54, 1.807) is 0 Å². The fraction of sp³-hybridized carbons (Fsp3) is 0.412. The van der Waals surface area contributed by atoms with E-state index in [9.17, 15) is 0 Å². The Morgan fingerprint density at radius 2 is 2.09 bits per heavy atom. The zero-order chi connectivity index (χ0) is 16.3. The van der Waals surface area contributed by atoms with Crippen molar-refractivity contribution in [1.29, 1.82) is 0 Å². The molecule has 1 aromatic carbocycles. The number of ether oxygens (including phenoxy) is 3. The van der Waals surface area contributed by atoms with Crippen molar-refractivity contribution >= 4 is 5.70 Å². The molecule has 0 bridgehead atoms. The Labute approximate surface area is 136 Å². The highest BCUT2D eigenvalue weighted by Crippen LogP contribution is 2.30. The molecule has 2 heterocycles. The van der Waals surface area contributed by atoms with E-state index in [1.807, 2.05) is 24.4 Å². The number of nitrogens with zero attached hydrogens (tertiary/aromatic N) is 1. The fourth-order valence-electron chi connectivity index (χ4n) is 2.69. The van der Waals surface area contributed by atoms with Crippen LogP contribution in [0.3, 0.4) is 0 Å². The predicted octanol–water partition coefficient (Wildman–Crippen LogP) is 1.48. The summed E-state index contributed by atoms with van der Waals surface area (Å²) >= 11 is 0. The molecule has 0 saturated carbocycles. The summed E-state index contributed by atoms with van der Waals surface area (Å²) in [6, 6.07) is 8.24. The van der Waals surface area contributed by atoms with Gasteiger partial charge in [-0.1, -0.05) is 12.1 Å². The van der Waals surface area contributed by atoms with Crippen molar-refractivity contribution in [3.63, 3.8) is 0 Å². The van der Waals surface area contributed by atoms with Gasteiger partial charge in [-0.15, -0.1) is 0 Å². The second-order valence-corrected chi connectivity index (χ2v) is 5.99. The predicted molar refractivity (Wildman–Crippen MR) is 87.4 cm³/mol. The summed E-state index contributed by atoms with van der Waals surface area (Å²) in [5.41, 5.74) is 12.1. The Morgan fingerprint density at radius 1 is 1.30 bits per heavy atom. The van der Waals surface area contributed by atoms with Gasteiger partial charge >= 0.3 is 0 Å². The van der Waals surface area contributed by atoms with Crippen LogP contribution in [-0.4, -0.2) is 45.1 Å². The van der Waals surface area contributed by atoms with Crippen LogP contribution < -0.4 is 11.2 Å². The van der Waals surface area contributed by atoms with Crippen LogP contribution in [0.4, 0.5) is 0 Å². The first-order chi connectivity index (χ1) is 11.1. The fourth-order valence-corrected chi connectivity index (χ4v) is 2.69. The van der Waals surface area contributed by atoms with Gasteiger partial charge in [-0.3, -0.25) is 0 Å². The lowest BCUT2D eigenvalue weighted by molar-refractivity contribution is -0.860. The van der Waals surface area contributed by atoms with Crippen molar-refractivity contribution in [2.75, 3.05) is 40.5 Å². The van der Waals surface area contributed by atoms with Gasteiger partial charge in [-0.05, 0) is 12.1 Å². The maximum absolute atomic E-state index is 5.65. The quantitative estimate of drug-likeness (QED) is 0.805. The molecule has 2 aliphatic rings. The summed E-state index contributed by atoms with van der Waals surface area (Å²) in [6.45, 7) is 2.26. The molecule has 124 valence electrons. The van der Waals surface area contributed by atoms with E-state index >= 15 is 0 Å². The number of nitrogens with two attached hydrogens (primary N) is 1. The van der Waals surface area contributed by atoms with Gasteiger partial charge in [0.25, 0.3) is 0 Å². The monoisotopic (exact) mass is 318 g/mol. The number of benzene rings is 1. The van der Waals surface area contributed by atoms with Gasteiger partial charge in [-0.2, -0.15) is 4.59 Å². The van der Waals surface area contributed by atoms with Crippen molar-refractivity contribution in [3.8, 4) is 0 Å². The van der Waals surface area contributed by atoms with Gasteiger partial charge in [0.1, 0.15) is 12.4 Å². The van der Waals surface area contributed by atoms with Crippen molar-refractivity contribution in [2.45, 2.75) is 6.29 Å². The van der Waals surface area contributed by atoms with Crippen LogP contribution in [0.5, 0.6) is 0 Å². The number of hydrogen-bond donors (Lipinski definition) is 2. The van der Waals surface area contributed by atoms with Crippen LogP contribution in [0.15, 0.2) is 42.3 Å². The maximum Gasteiger partial charge on any atom is 0.184 e. The van der Waals surface area contributed by atoms with E-state index < -0.39 is 0 Å². The molecule has 0 atom stereocenters. The average Bonchev–Trinajstić information content (AvgIpc) is 3.08. The largest absolute Gasteiger partial charge is 0.490 e. The van der Waals surface area contributed by atoms with E-state index in [0.29, 0.717) is 31.0 Å². The van der Waals surface area contributed by atoms with E-state index in [-0.39, 0.29) is 6.29 Å². The topological polar surface area (TPSA) is 65.7 Å². The highest BCUT2D eigenvalue weighted by atomic mass is 16.7. The lowest BCUT2D eigenvalue weighted by Gasteiger charge is -2.33. The second kappa shape index (κ2) is 6.72. The molecule has 0 radical (unpaired) electrons. The van der Waals surface area contributed by atoms with E-state index in [1.165, 1.54) is 0 Å². The van der Waals surface area contributed by atoms with Crippen molar-refractivity contribution in [1.82, 2.24) is 5.43 Å². The first-order valence-electron chi connectivity index (χ1n) is 7.81. The third-order valence-corrected chi connectivity index (χ3v) is 3.87. The molecule has 6 heteroatoms. The molecule has 6 nitrogen and oxygen atoms in total. The minimum Gasteiger partial charge on any atom is -0.490 e. The smallest absolute Gasteiger partial charge is 0.184 e. The number of quaternary nitrogens is 1. The first-order valence-corrected chi connectivity index (χ1v) is 7.81. The van der Waals surface area contributed by atoms with E-state index in [4.69, 9.17) is 19.9 Å². The van der Waals surface area contributed by atoms with Crippen LogP contribution in [0, 0.1) is 0 Å². The minimum atomic E-state index is -0.272. The minimum absolute atomic E-state index is 0.272. The van der Waals surface area contributed by atoms with Gasteiger partial charge < -0.3 is 19.9 Å². The third-order valence-electron chi connectivity index (χ3n) is 3.87. The average molecular weight is 318 g/mol. The molecule has 0 spiro atoms. The molecule has 3 rings (SSSR count). The maximum atomic E-state index is 5.65. The summed E-state index contributed by atoms with van der Waals surface area (Å²) in [5.74, 6) is 0.779. The van der Waals surface area contributed by atoms with Crippen LogP contribution in [-0.2, 0) is 14.2 Å². The van der Waals surface area contributed by atoms with E-state index in [0.717, 1.165) is 22.6 Å². The highest BCUT2D eigenvalue weighted by molar-refractivity contribution is 5.63. The van der Waals surface area contributed by atoms with Crippen LogP contribution in [0.2, 0.25) is 0 Å². The van der Waals surface area contributed by atoms with Gasteiger partial charge in [0.15, 0.2) is 12.0 Å². The molecule has 0 amide bonds. The Bertz CT molecular complexity index is 619. The zero-order valence-electron chi connectivity index (χ0n) is 13.6. The molecule has 0 unspecified atom stereocenters. The molecule has 2 aliphatic heterocycles. The van der Waals surface area contributed by atoms with Gasteiger partial charge in [0, 0.05) is 23.7 Å². The SMILES string of the molecule is C[N+]1(C)NC=C(OCCN)C=C1c1cccc(C2OCCO2)c1. The number of hydrogen-bond acceptors (Lipinski definition) is 5. The summed E-state index contributed by atoms with van der Waals surface area (Å²) in [5, 5.41) is 0. The summed E-state index contributed by atoms with van der Waals surface area (Å²) < 4.78 is 17.4. The highest BCUT2D eigenvalue weighted by Gasteiger charge is 2.29. The molecule has 0 aliphatic carbocycles. The number of nitrogens with one attached hydrogen (secondary N) is 1. The number of rotatable bonds is 5. The van der Waals surface area contributed by atoms with Crippen molar-refractivity contribution in [3.05, 3.63) is 53.4 Å². The molecule has 1 fully saturated rings. The van der Waals surface area contributed by atoms with Gasteiger partial charge in [-0.25, -0.2) is 5.43 Å². The van der Waals surface area contributed by atoms with Gasteiger partial charge in [0.05, 0.1) is 33.5 Å². The zero-order valence-corrected chi connectivity index (χ0v) is 13.6. The summed E-state index contributed by atoms with van der Waals surface area (Å²) in [4.78, 5) is 0. The Morgan fingerprint density at radius 3 is 2.83 bits per heavy atom. The Hall–Kier alpha value is -1.86. The molecule has 1 aromatic rings. The normalized spacial score (nSPS) is 20.7. The Kier molecular flexibility index (Phi) is 4.68. The second-order valence-electron chi connectivity index (χ2n) is 5.99. The van der Waals surface area contributed by atoms with Crippen LogP contribution in [0.25, 0.3) is 5.70 Å². The van der Waals surface area contributed by atoms with Crippen molar-refractivity contribution in [2.24, 2.45) is 5.73 Å². The molecule has 3 N–H and O–H groups in total.